The molecule has 1 unspecified atom stereocenters. The third-order valence-corrected chi connectivity index (χ3v) is 3.73. The van der Waals surface area contributed by atoms with Crippen molar-refractivity contribution in [2.24, 2.45) is 0 Å². The minimum absolute atomic E-state index is 0.168. The lowest BCUT2D eigenvalue weighted by molar-refractivity contribution is 0.174. The van der Waals surface area contributed by atoms with Crippen molar-refractivity contribution in [3.05, 3.63) is 50.2 Å². The molecule has 3 heterocycles. The number of aromatic amines is 2. The normalized spacial score (nSPS) is 18.4. The minimum Gasteiger partial charge on any atom is -0.454 e. The second-order valence-electron chi connectivity index (χ2n) is 4.84. The van der Waals surface area contributed by atoms with Crippen molar-refractivity contribution < 1.29 is 9.47 Å². The van der Waals surface area contributed by atoms with Gasteiger partial charge in [0.2, 0.25) is 6.79 Å². The third-order valence-electron chi connectivity index (χ3n) is 3.51. The zero-order chi connectivity index (χ0) is 15.3. The monoisotopic (exact) mass is 318 g/mol. The Kier molecular flexibility index (Phi) is 2.70. The van der Waals surface area contributed by atoms with Crippen molar-refractivity contribution in [3.63, 3.8) is 0 Å². The van der Waals surface area contributed by atoms with Crippen molar-refractivity contribution >= 4 is 23.1 Å². The zero-order valence-electron chi connectivity index (χ0n) is 11.1. The van der Waals surface area contributed by atoms with Gasteiger partial charge in [0.15, 0.2) is 16.6 Å². The molecule has 0 aliphatic carbocycles. The van der Waals surface area contributed by atoms with Crippen LogP contribution in [0, 0.1) is 0 Å². The van der Waals surface area contributed by atoms with Crippen LogP contribution in [0.5, 0.6) is 11.5 Å². The van der Waals surface area contributed by atoms with Gasteiger partial charge in [-0.05, 0) is 29.9 Å². The van der Waals surface area contributed by atoms with Gasteiger partial charge in [-0.2, -0.15) is 0 Å². The highest BCUT2D eigenvalue weighted by molar-refractivity contribution is 7.80. The summed E-state index contributed by atoms with van der Waals surface area (Å²) in [5.74, 6) is 1.54. The average Bonchev–Trinajstić information content (AvgIpc) is 2.92. The van der Waals surface area contributed by atoms with E-state index in [4.69, 9.17) is 21.7 Å². The quantitative estimate of drug-likeness (QED) is 0.556. The van der Waals surface area contributed by atoms with E-state index in [2.05, 4.69) is 20.6 Å². The van der Waals surface area contributed by atoms with Gasteiger partial charge in [-0.25, -0.2) is 4.79 Å². The molecule has 9 heteroatoms. The Labute approximate surface area is 128 Å². The van der Waals surface area contributed by atoms with Crippen LogP contribution in [0.3, 0.4) is 0 Å². The summed E-state index contributed by atoms with van der Waals surface area (Å²) in [7, 11) is 0. The molecule has 1 aromatic carbocycles. The summed E-state index contributed by atoms with van der Waals surface area (Å²) in [4.78, 5) is 28.3. The molecule has 8 nitrogen and oxygen atoms in total. The molecule has 0 radical (unpaired) electrons. The van der Waals surface area contributed by atoms with Crippen LogP contribution in [0.4, 0.5) is 5.82 Å². The van der Waals surface area contributed by atoms with Gasteiger partial charge >= 0.3 is 5.69 Å². The number of H-pyrrole nitrogens is 2. The molecule has 1 aromatic heterocycles. The summed E-state index contributed by atoms with van der Waals surface area (Å²) >= 11 is 5.13. The lowest BCUT2D eigenvalue weighted by Crippen LogP contribution is -2.44. The maximum absolute atomic E-state index is 12.2. The Balaban J connectivity index is 1.88. The van der Waals surface area contributed by atoms with Gasteiger partial charge in [0.25, 0.3) is 5.56 Å². The predicted octanol–water partition coefficient (Wildman–Crippen LogP) is 0.181. The largest absolute Gasteiger partial charge is 0.454 e. The van der Waals surface area contributed by atoms with Crippen LogP contribution in [0.15, 0.2) is 27.8 Å². The van der Waals surface area contributed by atoms with Gasteiger partial charge in [-0.15, -0.1) is 0 Å². The molecule has 0 saturated carbocycles. The lowest BCUT2D eigenvalue weighted by Gasteiger charge is -2.27. The second kappa shape index (κ2) is 4.60. The summed E-state index contributed by atoms with van der Waals surface area (Å²) < 4.78 is 10.6. The number of ether oxygens (including phenoxy) is 2. The fourth-order valence-electron chi connectivity index (χ4n) is 2.57. The molecule has 0 saturated heterocycles. The lowest BCUT2D eigenvalue weighted by atomic mass is 9.98. The first-order chi connectivity index (χ1) is 10.6. The first kappa shape index (κ1) is 12.9. The van der Waals surface area contributed by atoms with Gasteiger partial charge in [0.05, 0.1) is 11.6 Å². The molecule has 22 heavy (non-hydrogen) atoms. The van der Waals surface area contributed by atoms with E-state index in [1.54, 1.807) is 12.1 Å². The number of anilines is 1. The van der Waals surface area contributed by atoms with Crippen LogP contribution in [0.1, 0.15) is 17.2 Å². The van der Waals surface area contributed by atoms with Crippen LogP contribution in [-0.4, -0.2) is 21.9 Å². The fraction of sp³-hybridized carbons (Fsp3) is 0.154. The fourth-order valence-corrected chi connectivity index (χ4v) is 2.79. The van der Waals surface area contributed by atoms with Crippen LogP contribution < -0.4 is 31.4 Å². The minimum atomic E-state index is -0.592. The number of hydrogen-bond donors (Lipinski definition) is 4. The first-order valence-electron chi connectivity index (χ1n) is 6.45. The van der Waals surface area contributed by atoms with Crippen molar-refractivity contribution in [1.82, 2.24) is 15.3 Å². The molecule has 4 rings (SSSR count). The maximum atomic E-state index is 12.2. The van der Waals surface area contributed by atoms with E-state index in [0.717, 1.165) is 5.56 Å². The number of nitrogens with one attached hydrogen (secondary N) is 4. The van der Waals surface area contributed by atoms with Gasteiger partial charge in [0, 0.05) is 0 Å². The molecule has 112 valence electrons. The SMILES string of the molecule is O=c1[nH]c2c(c(=O)[nH]1)C(c1ccc3c(c1)OCO3)NC(=S)N2. The highest BCUT2D eigenvalue weighted by Gasteiger charge is 2.29. The number of aromatic nitrogens is 2. The van der Waals surface area contributed by atoms with Crippen LogP contribution in [0.2, 0.25) is 0 Å². The van der Waals surface area contributed by atoms with Gasteiger partial charge < -0.3 is 20.1 Å². The summed E-state index contributed by atoms with van der Waals surface area (Å²) in [5.41, 5.74) is 0.0493. The Hall–Kier alpha value is -2.81. The van der Waals surface area contributed by atoms with Crippen LogP contribution >= 0.6 is 12.2 Å². The van der Waals surface area contributed by atoms with E-state index >= 15 is 0 Å². The predicted molar refractivity (Wildman–Crippen MR) is 81.4 cm³/mol. The molecule has 1 atom stereocenters. The Bertz CT molecular complexity index is 904. The van der Waals surface area contributed by atoms with Crippen molar-refractivity contribution in [1.29, 1.82) is 0 Å². The van der Waals surface area contributed by atoms with Gasteiger partial charge in [-0.3, -0.25) is 14.8 Å². The summed E-state index contributed by atoms with van der Waals surface area (Å²) in [6, 6.07) is 4.86. The standard InChI is InChI=1S/C13H10N4O4S/c18-11-8-9(5-1-2-6-7(3-5)21-4-20-6)14-13(22)16-10(8)15-12(19)17-11/h1-3,9H,4H2,(H4,14,15,16,17,18,19,22). The highest BCUT2D eigenvalue weighted by atomic mass is 32.1. The topological polar surface area (TPSA) is 108 Å². The molecular formula is C13H10N4O4S. The van der Waals surface area contributed by atoms with E-state index < -0.39 is 17.3 Å². The Morgan fingerprint density at radius 1 is 1.14 bits per heavy atom. The van der Waals surface area contributed by atoms with Crippen LogP contribution in [-0.2, 0) is 0 Å². The molecule has 2 aliphatic heterocycles. The van der Waals surface area contributed by atoms with Crippen LogP contribution in [0.25, 0.3) is 0 Å². The van der Waals surface area contributed by atoms with Crippen molar-refractivity contribution in [2.75, 3.05) is 12.1 Å². The maximum Gasteiger partial charge on any atom is 0.327 e. The molecule has 0 fully saturated rings. The molecular weight excluding hydrogens is 308 g/mol. The number of fused-ring (bicyclic) bond motifs is 2. The van der Waals surface area contributed by atoms with Crippen molar-refractivity contribution in [3.8, 4) is 11.5 Å². The number of thiocarbonyl (C=S) groups is 1. The van der Waals surface area contributed by atoms with E-state index in [0.29, 0.717) is 28.0 Å². The Morgan fingerprint density at radius 3 is 2.82 bits per heavy atom. The van der Waals surface area contributed by atoms with E-state index in [-0.39, 0.29) is 6.79 Å². The third kappa shape index (κ3) is 1.94. The van der Waals surface area contributed by atoms with Crippen molar-refractivity contribution in [2.45, 2.75) is 6.04 Å². The highest BCUT2D eigenvalue weighted by Crippen LogP contribution is 2.36. The van der Waals surface area contributed by atoms with E-state index in [1.165, 1.54) is 0 Å². The molecule has 4 N–H and O–H groups in total. The summed E-state index contributed by atoms with van der Waals surface area (Å²) in [6.07, 6.45) is 0. The summed E-state index contributed by atoms with van der Waals surface area (Å²) in [6.45, 7) is 0.168. The number of hydrogen-bond acceptors (Lipinski definition) is 5. The molecule has 0 bridgehead atoms. The van der Waals surface area contributed by atoms with Gasteiger partial charge in [0.1, 0.15) is 5.82 Å². The number of benzene rings is 1. The Morgan fingerprint density at radius 2 is 1.95 bits per heavy atom. The first-order valence-corrected chi connectivity index (χ1v) is 6.86. The zero-order valence-corrected chi connectivity index (χ0v) is 11.9. The summed E-state index contributed by atoms with van der Waals surface area (Å²) in [5, 5.41) is 6.12. The van der Waals surface area contributed by atoms with Gasteiger partial charge in [-0.1, -0.05) is 6.07 Å². The molecule has 2 aromatic rings. The van der Waals surface area contributed by atoms with E-state index in [1.807, 2.05) is 6.07 Å². The van der Waals surface area contributed by atoms with E-state index in [9.17, 15) is 9.59 Å². The number of rotatable bonds is 1. The average molecular weight is 318 g/mol. The molecule has 0 amide bonds. The molecule has 2 aliphatic rings. The second-order valence-corrected chi connectivity index (χ2v) is 5.25. The molecule has 0 spiro atoms. The smallest absolute Gasteiger partial charge is 0.327 e.